The van der Waals surface area contributed by atoms with Crippen molar-refractivity contribution in [2.75, 3.05) is 13.1 Å². The van der Waals surface area contributed by atoms with Crippen molar-refractivity contribution in [3.05, 3.63) is 35.4 Å². The Morgan fingerprint density at radius 3 is 2.79 bits per heavy atom. The summed E-state index contributed by atoms with van der Waals surface area (Å²) in [5.74, 6) is -0.851. The van der Waals surface area contributed by atoms with Gasteiger partial charge in [0.25, 0.3) is 0 Å². The monoisotopic (exact) mass is 199 g/mol. The number of hydrogen-bond acceptors (Lipinski definition) is 2. The predicted octanol–water partition coefficient (Wildman–Crippen LogP) is 1.45. The van der Waals surface area contributed by atoms with Crippen LogP contribution >= 0.6 is 0 Å². The van der Waals surface area contributed by atoms with Gasteiger partial charge in [-0.1, -0.05) is 0 Å². The number of ether oxygens (including phenoxy) is 1. The molecule has 1 aliphatic heterocycles. The van der Waals surface area contributed by atoms with Crippen LogP contribution in [0.15, 0.2) is 18.2 Å². The third-order valence-electron chi connectivity index (χ3n) is 2.23. The number of rotatable bonds is 3. The Balaban J connectivity index is 1.96. The summed E-state index contributed by atoms with van der Waals surface area (Å²) in [6, 6.07) is 3.39. The van der Waals surface area contributed by atoms with Gasteiger partial charge in [0.05, 0.1) is 12.7 Å². The van der Waals surface area contributed by atoms with Crippen LogP contribution in [-0.2, 0) is 11.3 Å². The van der Waals surface area contributed by atoms with Gasteiger partial charge in [-0.05, 0) is 18.2 Å². The van der Waals surface area contributed by atoms with Crippen molar-refractivity contribution in [1.82, 2.24) is 5.32 Å². The second-order valence-corrected chi connectivity index (χ2v) is 3.33. The minimum atomic E-state index is -0.434. The van der Waals surface area contributed by atoms with E-state index in [2.05, 4.69) is 5.32 Å². The molecule has 1 N–H and O–H groups in total. The molecule has 1 heterocycles. The summed E-state index contributed by atoms with van der Waals surface area (Å²) in [5.41, 5.74) is 0.275. The first kappa shape index (κ1) is 9.55. The van der Waals surface area contributed by atoms with E-state index in [9.17, 15) is 8.78 Å². The van der Waals surface area contributed by atoms with Crippen molar-refractivity contribution < 1.29 is 13.5 Å². The van der Waals surface area contributed by atoms with E-state index in [1.54, 1.807) is 0 Å². The summed E-state index contributed by atoms with van der Waals surface area (Å²) in [6.07, 6.45) is 0.137. The van der Waals surface area contributed by atoms with E-state index in [0.29, 0.717) is 0 Å². The van der Waals surface area contributed by atoms with Gasteiger partial charge in [0, 0.05) is 18.7 Å². The highest BCUT2D eigenvalue weighted by Gasteiger charge is 2.17. The molecule has 0 saturated carbocycles. The van der Waals surface area contributed by atoms with Crippen molar-refractivity contribution in [2.45, 2.75) is 12.7 Å². The number of nitrogens with one attached hydrogen (secondary N) is 1. The van der Waals surface area contributed by atoms with Crippen LogP contribution in [-0.4, -0.2) is 19.2 Å². The highest BCUT2D eigenvalue weighted by Crippen LogP contribution is 2.12. The molecule has 0 spiro atoms. The lowest BCUT2D eigenvalue weighted by molar-refractivity contribution is 0.00627. The third kappa shape index (κ3) is 2.08. The van der Waals surface area contributed by atoms with Gasteiger partial charge in [-0.2, -0.15) is 0 Å². The van der Waals surface area contributed by atoms with E-state index < -0.39 is 11.6 Å². The summed E-state index contributed by atoms with van der Waals surface area (Å²) in [7, 11) is 0. The fourth-order valence-electron chi connectivity index (χ4n) is 1.24. The fourth-order valence-corrected chi connectivity index (χ4v) is 1.24. The molecule has 1 fully saturated rings. The van der Waals surface area contributed by atoms with E-state index in [1.807, 2.05) is 0 Å². The topological polar surface area (TPSA) is 21.3 Å². The molecule has 1 saturated heterocycles. The Hall–Kier alpha value is -1.00. The molecule has 76 valence electrons. The predicted molar refractivity (Wildman–Crippen MR) is 47.8 cm³/mol. The largest absolute Gasteiger partial charge is 0.371 e. The highest BCUT2D eigenvalue weighted by molar-refractivity contribution is 5.17. The Morgan fingerprint density at radius 1 is 1.36 bits per heavy atom. The second kappa shape index (κ2) is 4.02. The first-order valence-corrected chi connectivity index (χ1v) is 4.52. The Kier molecular flexibility index (Phi) is 2.74. The molecule has 2 rings (SSSR count). The molecule has 1 aromatic rings. The van der Waals surface area contributed by atoms with Crippen LogP contribution in [0.5, 0.6) is 0 Å². The van der Waals surface area contributed by atoms with Gasteiger partial charge in [-0.3, -0.25) is 0 Å². The second-order valence-electron chi connectivity index (χ2n) is 3.33. The van der Waals surface area contributed by atoms with Gasteiger partial charge in [0.2, 0.25) is 0 Å². The fraction of sp³-hybridized carbons (Fsp3) is 0.400. The average molecular weight is 199 g/mol. The molecular weight excluding hydrogens is 188 g/mol. The summed E-state index contributed by atoms with van der Waals surface area (Å²) in [6.45, 7) is 1.71. The van der Waals surface area contributed by atoms with Crippen LogP contribution in [0.3, 0.4) is 0 Å². The summed E-state index contributed by atoms with van der Waals surface area (Å²) in [5, 5.41) is 3.03. The van der Waals surface area contributed by atoms with Crippen molar-refractivity contribution in [3.63, 3.8) is 0 Å². The first-order valence-electron chi connectivity index (χ1n) is 4.52. The van der Waals surface area contributed by atoms with Gasteiger partial charge in [0.1, 0.15) is 11.6 Å². The quantitative estimate of drug-likeness (QED) is 0.795. The van der Waals surface area contributed by atoms with Gasteiger partial charge in [0.15, 0.2) is 0 Å². The van der Waals surface area contributed by atoms with Gasteiger partial charge < -0.3 is 10.1 Å². The van der Waals surface area contributed by atoms with Crippen LogP contribution in [0.25, 0.3) is 0 Å². The van der Waals surface area contributed by atoms with E-state index in [-0.39, 0.29) is 18.3 Å². The third-order valence-corrected chi connectivity index (χ3v) is 2.23. The minimum Gasteiger partial charge on any atom is -0.371 e. The Bertz CT molecular complexity index is 326. The molecule has 0 bridgehead atoms. The molecule has 0 aliphatic carbocycles. The zero-order valence-electron chi connectivity index (χ0n) is 7.59. The van der Waals surface area contributed by atoms with Crippen molar-refractivity contribution in [2.24, 2.45) is 0 Å². The minimum absolute atomic E-state index is 0.135. The standard InChI is InChI=1S/C10H11F2NO/c11-8-1-2-10(12)7(3-8)6-14-9-4-13-5-9/h1-3,9,13H,4-6H2. The number of hydrogen-bond donors (Lipinski definition) is 1. The van der Waals surface area contributed by atoms with Crippen LogP contribution in [0.2, 0.25) is 0 Å². The van der Waals surface area contributed by atoms with E-state index in [1.165, 1.54) is 6.07 Å². The van der Waals surface area contributed by atoms with Crippen molar-refractivity contribution >= 4 is 0 Å². The van der Waals surface area contributed by atoms with E-state index in [0.717, 1.165) is 25.2 Å². The van der Waals surface area contributed by atoms with Crippen LogP contribution in [0.4, 0.5) is 8.78 Å². The molecule has 1 aromatic carbocycles. The zero-order valence-corrected chi connectivity index (χ0v) is 7.59. The van der Waals surface area contributed by atoms with Crippen molar-refractivity contribution in [1.29, 1.82) is 0 Å². The van der Waals surface area contributed by atoms with Crippen molar-refractivity contribution in [3.8, 4) is 0 Å². The lowest BCUT2D eigenvalue weighted by atomic mass is 10.2. The van der Waals surface area contributed by atoms with Crippen LogP contribution < -0.4 is 5.32 Å². The molecule has 0 radical (unpaired) electrons. The summed E-state index contributed by atoms with van der Waals surface area (Å²) < 4.78 is 31.1. The molecule has 4 heteroatoms. The van der Waals surface area contributed by atoms with Crippen LogP contribution in [0.1, 0.15) is 5.56 Å². The molecule has 0 amide bonds. The van der Waals surface area contributed by atoms with Gasteiger partial charge in [-0.15, -0.1) is 0 Å². The molecule has 1 aliphatic rings. The van der Waals surface area contributed by atoms with E-state index in [4.69, 9.17) is 4.74 Å². The number of benzene rings is 1. The van der Waals surface area contributed by atoms with E-state index >= 15 is 0 Å². The Labute approximate surface area is 80.9 Å². The first-order chi connectivity index (χ1) is 6.75. The maximum atomic E-state index is 13.1. The Morgan fingerprint density at radius 2 is 2.14 bits per heavy atom. The zero-order chi connectivity index (χ0) is 9.97. The average Bonchev–Trinajstić information content (AvgIpc) is 2.08. The smallest absolute Gasteiger partial charge is 0.128 e. The molecule has 2 nitrogen and oxygen atoms in total. The van der Waals surface area contributed by atoms with Crippen LogP contribution in [0, 0.1) is 11.6 Å². The molecular formula is C10H11F2NO. The normalized spacial score (nSPS) is 16.7. The summed E-state index contributed by atoms with van der Waals surface area (Å²) in [4.78, 5) is 0. The molecule has 0 atom stereocenters. The van der Waals surface area contributed by atoms with Gasteiger partial charge in [-0.25, -0.2) is 8.78 Å². The number of halogens is 2. The maximum absolute atomic E-state index is 13.1. The van der Waals surface area contributed by atoms with Gasteiger partial charge >= 0.3 is 0 Å². The molecule has 0 unspecified atom stereocenters. The maximum Gasteiger partial charge on any atom is 0.128 e. The highest BCUT2D eigenvalue weighted by atomic mass is 19.1. The SMILES string of the molecule is Fc1ccc(F)c(COC2CNC2)c1. The molecule has 0 aromatic heterocycles. The lowest BCUT2D eigenvalue weighted by Crippen LogP contribution is -2.48. The molecule has 14 heavy (non-hydrogen) atoms. The lowest BCUT2D eigenvalue weighted by Gasteiger charge is -2.27. The summed E-state index contributed by atoms with van der Waals surface area (Å²) >= 11 is 0.